The number of nitrogens with one attached hydrogen (secondary N) is 2. The fourth-order valence-corrected chi connectivity index (χ4v) is 2.05. The average Bonchev–Trinajstić information content (AvgIpc) is 2.76. The molecular formula is C14H20N2O3. The van der Waals surface area contributed by atoms with Gasteiger partial charge in [-0.1, -0.05) is 12.1 Å². The molecule has 1 saturated heterocycles. The van der Waals surface area contributed by atoms with Crippen molar-refractivity contribution in [2.75, 3.05) is 18.5 Å². The molecule has 0 spiro atoms. The van der Waals surface area contributed by atoms with E-state index in [0.29, 0.717) is 18.9 Å². The molecule has 2 unspecified atom stereocenters. The number of hydrogen-bond donors (Lipinski definition) is 3. The van der Waals surface area contributed by atoms with E-state index in [9.17, 15) is 9.90 Å². The van der Waals surface area contributed by atoms with E-state index >= 15 is 0 Å². The quantitative estimate of drug-likeness (QED) is 0.782. The van der Waals surface area contributed by atoms with Gasteiger partial charge in [0, 0.05) is 12.3 Å². The summed E-state index contributed by atoms with van der Waals surface area (Å²) in [6, 6.07) is 6.89. The number of carbonyl (C=O) groups excluding carboxylic acids is 1. The number of aliphatic hydroxyl groups excluding tert-OH is 1. The predicted octanol–water partition coefficient (Wildman–Crippen LogP) is 2.04. The van der Waals surface area contributed by atoms with Gasteiger partial charge in [0.25, 0.3) is 0 Å². The third-order valence-corrected chi connectivity index (χ3v) is 3.29. The van der Waals surface area contributed by atoms with Crippen LogP contribution in [0.3, 0.4) is 0 Å². The Morgan fingerprint density at radius 3 is 2.63 bits per heavy atom. The Hall–Kier alpha value is -1.59. The van der Waals surface area contributed by atoms with Gasteiger partial charge < -0.3 is 20.5 Å². The van der Waals surface area contributed by atoms with E-state index in [1.165, 1.54) is 0 Å². The first-order valence-corrected chi connectivity index (χ1v) is 6.43. The minimum absolute atomic E-state index is 0.238. The molecule has 0 aliphatic carbocycles. The lowest BCUT2D eigenvalue weighted by Crippen LogP contribution is -2.48. The molecule has 1 aliphatic rings. The largest absolute Gasteiger partial charge is 0.389 e. The number of anilines is 1. The standard InChI is InChI=1S/C14H20N2O3/c1-10(17)11-3-5-12(6-4-11)15-13(18)16-14(2)7-8-19-9-14/h3-6,10,17H,7-9H2,1-2H3,(H2,15,16,18). The molecule has 2 rings (SSSR count). The number of rotatable bonds is 3. The predicted molar refractivity (Wildman–Crippen MR) is 73.1 cm³/mol. The van der Waals surface area contributed by atoms with E-state index in [1.54, 1.807) is 31.2 Å². The first-order valence-electron chi connectivity index (χ1n) is 6.43. The molecule has 1 heterocycles. The third-order valence-electron chi connectivity index (χ3n) is 3.29. The maximum Gasteiger partial charge on any atom is 0.319 e. The molecule has 2 amide bonds. The smallest absolute Gasteiger partial charge is 0.319 e. The zero-order chi connectivity index (χ0) is 13.9. The topological polar surface area (TPSA) is 70.6 Å². The molecule has 2 atom stereocenters. The average molecular weight is 264 g/mol. The molecular weight excluding hydrogens is 244 g/mol. The lowest BCUT2D eigenvalue weighted by atomic mass is 10.0. The molecule has 19 heavy (non-hydrogen) atoms. The zero-order valence-corrected chi connectivity index (χ0v) is 11.3. The summed E-state index contributed by atoms with van der Waals surface area (Å²) in [7, 11) is 0. The van der Waals surface area contributed by atoms with Crippen LogP contribution in [0.15, 0.2) is 24.3 Å². The van der Waals surface area contributed by atoms with Crippen molar-refractivity contribution in [1.29, 1.82) is 0 Å². The summed E-state index contributed by atoms with van der Waals surface area (Å²) in [5.74, 6) is 0. The molecule has 1 aromatic rings. The molecule has 0 radical (unpaired) electrons. The number of ether oxygens (including phenoxy) is 1. The highest BCUT2D eigenvalue weighted by Gasteiger charge is 2.31. The number of benzene rings is 1. The van der Waals surface area contributed by atoms with E-state index < -0.39 is 6.10 Å². The molecule has 3 N–H and O–H groups in total. The van der Waals surface area contributed by atoms with E-state index in [2.05, 4.69) is 10.6 Å². The van der Waals surface area contributed by atoms with E-state index in [1.807, 2.05) is 6.92 Å². The van der Waals surface area contributed by atoms with Crippen LogP contribution >= 0.6 is 0 Å². The van der Waals surface area contributed by atoms with Gasteiger partial charge in [-0.15, -0.1) is 0 Å². The van der Waals surface area contributed by atoms with Crippen molar-refractivity contribution >= 4 is 11.7 Å². The molecule has 0 saturated carbocycles. The van der Waals surface area contributed by atoms with Gasteiger partial charge in [-0.2, -0.15) is 0 Å². The summed E-state index contributed by atoms with van der Waals surface area (Å²) in [4.78, 5) is 11.9. The molecule has 0 aromatic heterocycles. The van der Waals surface area contributed by atoms with Gasteiger partial charge in [0.05, 0.1) is 18.2 Å². The van der Waals surface area contributed by atoms with Crippen molar-refractivity contribution in [2.24, 2.45) is 0 Å². The number of carbonyl (C=O) groups is 1. The van der Waals surface area contributed by atoms with Gasteiger partial charge in [-0.25, -0.2) is 4.79 Å². The fraction of sp³-hybridized carbons (Fsp3) is 0.500. The molecule has 1 fully saturated rings. The van der Waals surface area contributed by atoms with Crippen LogP contribution in [-0.2, 0) is 4.74 Å². The normalized spacial score (nSPS) is 23.9. The lowest BCUT2D eigenvalue weighted by Gasteiger charge is -2.23. The van der Waals surface area contributed by atoms with Crippen LogP contribution in [0.1, 0.15) is 31.9 Å². The fourth-order valence-electron chi connectivity index (χ4n) is 2.05. The monoisotopic (exact) mass is 264 g/mol. The Balaban J connectivity index is 1.91. The number of aliphatic hydroxyl groups is 1. The van der Waals surface area contributed by atoms with Crippen LogP contribution in [0.4, 0.5) is 10.5 Å². The van der Waals surface area contributed by atoms with E-state index in [4.69, 9.17) is 4.74 Å². The second-order valence-electron chi connectivity index (χ2n) is 5.24. The number of hydrogen-bond acceptors (Lipinski definition) is 3. The Morgan fingerprint density at radius 1 is 1.42 bits per heavy atom. The maximum absolute atomic E-state index is 11.9. The van der Waals surface area contributed by atoms with Gasteiger partial charge in [0.2, 0.25) is 0 Å². The van der Waals surface area contributed by atoms with Crippen LogP contribution in [0, 0.1) is 0 Å². The minimum Gasteiger partial charge on any atom is -0.389 e. The molecule has 0 bridgehead atoms. The van der Waals surface area contributed by atoms with Crippen molar-refractivity contribution < 1.29 is 14.6 Å². The first-order chi connectivity index (χ1) is 8.98. The molecule has 104 valence electrons. The lowest BCUT2D eigenvalue weighted by molar-refractivity contribution is 0.172. The van der Waals surface area contributed by atoms with Gasteiger partial charge in [0.1, 0.15) is 0 Å². The van der Waals surface area contributed by atoms with Crippen molar-refractivity contribution in [3.63, 3.8) is 0 Å². The van der Waals surface area contributed by atoms with Crippen LogP contribution < -0.4 is 10.6 Å². The minimum atomic E-state index is -0.502. The van der Waals surface area contributed by atoms with Crippen molar-refractivity contribution in [3.8, 4) is 0 Å². The summed E-state index contributed by atoms with van der Waals surface area (Å²) in [6.07, 6.45) is 0.318. The van der Waals surface area contributed by atoms with Gasteiger partial charge in [-0.05, 0) is 38.0 Å². The Kier molecular flexibility index (Phi) is 4.07. The van der Waals surface area contributed by atoms with Crippen LogP contribution in [0.5, 0.6) is 0 Å². The van der Waals surface area contributed by atoms with Gasteiger partial charge >= 0.3 is 6.03 Å². The van der Waals surface area contributed by atoms with Crippen LogP contribution in [0.2, 0.25) is 0 Å². The maximum atomic E-state index is 11.9. The van der Waals surface area contributed by atoms with Crippen molar-refractivity contribution in [1.82, 2.24) is 5.32 Å². The Morgan fingerprint density at radius 2 is 2.11 bits per heavy atom. The summed E-state index contributed by atoms with van der Waals surface area (Å²) < 4.78 is 5.28. The van der Waals surface area contributed by atoms with Crippen LogP contribution in [0.25, 0.3) is 0 Å². The zero-order valence-electron chi connectivity index (χ0n) is 11.3. The third kappa shape index (κ3) is 3.68. The van der Waals surface area contributed by atoms with Gasteiger partial charge in [-0.3, -0.25) is 0 Å². The van der Waals surface area contributed by atoms with Crippen LogP contribution in [-0.4, -0.2) is 29.9 Å². The number of amides is 2. The highest BCUT2D eigenvalue weighted by Crippen LogP contribution is 2.18. The molecule has 5 heteroatoms. The Labute approximate surface area is 113 Å². The van der Waals surface area contributed by atoms with Crippen molar-refractivity contribution in [3.05, 3.63) is 29.8 Å². The number of urea groups is 1. The molecule has 5 nitrogen and oxygen atoms in total. The molecule has 1 aliphatic heterocycles. The highest BCUT2D eigenvalue weighted by atomic mass is 16.5. The Bertz CT molecular complexity index is 437. The first kappa shape index (κ1) is 13.8. The summed E-state index contributed by atoms with van der Waals surface area (Å²) >= 11 is 0. The van der Waals surface area contributed by atoms with E-state index in [0.717, 1.165) is 12.0 Å². The highest BCUT2D eigenvalue weighted by molar-refractivity contribution is 5.89. The summed E-state index contributed by atoms with van der Waals surface area (Å²) in [5, 5.41) is 15.1. The summed E-state index contributed by atoms with van der Waals surface area (Å²) in [6.45, 7) is 4.90. The molecule has 1 aromatic carbocycles. The summed E-state index contributed by atoms with van der Waals surface area (Å²) in [5.41, 5.74) is 1.23. The van der Waals surface area contributed by atoms with Crippen molar-refractivity contribution in [2.45, 2.75) is 31.9 Å². The SMILES string of the molecule is CC(O)c1ccc(NC(=O)NC2(C)CCOC2)cc1. The van der Waals surface area contributed by atoms with Gasteiger partial charge in [0.15, 0.2) is 0 Å². The second-order valence-corrected chi connectivity index (χ2v) is 5.24. The second kappa shape index (κ2) is 5.59. The van der Waals surface area contributed by atoms with E-state index in [-0.39, 0.29) is 11.6 Å².